The Balaban J connectivity index is 0.00000180. The zero-order valence-corrected chi connectivity index (χ0v) is 11.6. The first-order valence-electron chi connectivity index (χ1n) is 6.42. The molecule has 1 aromatic carbocycles. The molecular weight excluding hydrogens is 267 g/mol. The number of rotatable bonds is 4. The summed E-state index contributed by atoms with van der Waals surface area (Å²) in [7, 11) is 0. The molecule has 0 unspecified atom stereocenters. The van der Waals surface area contributed by atoms with E-state index in [9.17, 15) is 9.18 Å². The van der Waals surface area contributed by atoms with Gasteiger partial charge in [-0.15, -0.1) is 12.4 Å². The average Bonchev–Trinajstić information content (AvgIpc) is 2.77. The number of hydrogen-bond donors (Lipinski definition) is 2. The molecule has 0 heterocycles. The molecule has 1 aliphatic carbocycles. The van der Waals surface area contributed by atoms with Crippen LogP contribution in [0.2, 0.25) is 0 Å². The Kier molecular flexibility index (Phi) is 5.76. The first-order valence-corrected chi connectivity index (χ1v) is 6.42. The molecule has 2 rings (SSSR count). The van der Waals surface area contributed by atoms with Gasteiger partial charge in [0.2, 0.25) is 5.91 Å². The van der Waals surface area contributed by atoms with Crippen LogP contribution >= 0.6 is 12.4 Å². The van der Waals surface area contributed by atoms with E-state index in [0.717, 1.165) is 31.2 Å². The fourth-order valence-corrected chi connectivity index (χ4v) is 2.42. The molecule has 1 fully saturated rings. The maximum Gasteiger partial charge on any atom is 0.240 e. The van der Waals surface area contributed by atoms with Crippen LogP contribution in [0.25, 0.3) is 0 Å². The van der Waals surface area contributed by atoms with Gasteiger partial charge in [0, 0.05) is 6.54 Å². The van der Waals surface area contributed by atoms with Gasteiger partial charge in [-0.3, -0.25) is 4.79 Å². The fourth-order valence-electron chi connectivity index (χ4n) is 2.42. The minimum atomic E-state index is -0.679. The lowest BCUT2D eigenvalue weighted by molar-refractivity contribution is -0.126. The van der Waals surface area contributed by atoms with E-state index in [1.54, 1.807) is 6.07 Å². The van der Waals surface area contributed by atoms with Crippen molar-refractivity contribution >= 4 is 18.3 Å². The van der Waals surface area contributed by atoms with Crippen molar-refractivity contribution in [1.82, 2.24) is 5.32 Å². The monoisotopic (exact) mass is 286 g/mol. The molecule has 1 amide bonds. The van der Waals surface area contributed by atoms with Crippen molar-refractivity contribution in [3.05, 3.63) is 35.6 Å². The maximum atomic E-state index is 13.0. The maximum absolute atomic E-state index is 13.0. The lowest BCUT2D eigenvalue weighted by Crippen LogP contribution is -2.52. The minimum Gasteiger partial charge on any atom is -0.354 e. The standard InChI is InChI=1S/C14H19FN2O.ClH/c15-12-5-3-4-11(10-12)6-9-17-13(18)14(16)7-1-2-8-14;/h3-5,10H,1-2,6-9,16H2,(H,17,18);1H. The van der Waals surface area contributed by atoms with Crippen molar-refractivity contribution in [2.75, 3.05) is 6.54 Å². The first-order chi connectivity index (χ1) is 8.60. The van der Waals surface area contributed by atoms with Crippen molar-refractivity contribution in [1.29, 1.82) is 0 Å². The SMILES string of the molecule is Cl.NC1(C(=O)NCCc2cccc(F)c2)CCCC1. The van der Waals surface area contributed by atoms with Crippen molar-refractivity contribution < 1.29 is 9.18 Å². The van der Waals surface area contributed by atoms with Crippen LogP contribution in [0.5, 0.6) is 0 Å². The van der Waals surface area contributed by atoms with Crippen molar-refractivity contribution in [2.45, 2.75) is 37.6 Å². The van der Waals surface area contributed by atoms with Crippen LogP contribution in [0.1, 0.15) is 31.2 Å². The predicted molar refractivity (Wildman–Crippen MR) is 75.7 cm³/mol. The summed E-state index contributed by atoms with van der Waals surface area (Å²) in [6.45, 7) is 0.501. The smallest absolute Gasteiger partial charge is 0.240 e. The molecule has 1 saturated carbocycles. The molecule has 1 aliphatic rings. The summed E-state index contributed by atoms with van der Waals surface area (Å²) >= 11 is 0. The zero-order valence-electron chi connectivity index (χ0n) is 10.8. The molecule has 0 bridgehead atoms. The highest BCUT2D eigenvalue weighted by Gasteiger charge is 2.36. The average molecular weight is 287 g/mol. The van der Waals surface area contributed by atoms with Gasteiger partial charge in [-0.1, -0.05) is 25.0 Å². The van der Waals surface area contributed by atoms with E-state index in [4.69, 9.17) is 5.73 Å². The van der Waals surface area contributed by atoms with Gasteiger partial charge in [-0.25, -0.2) is 4.39 Å². The number of hydrogen-bond acceptors (Lipinski definition) is 2. The molecule has 3 nitrogen and oxygen atoms in total. The van der Waals surface area contributed by atoms with Crippen molar-refractivity contribution in [3.8, 4) is 0 Å². The van der Waals surface area contributed by atoms with Crippen molar-refractivity contribution in [3.63, 3.8) is 0 Å². The second kappa shape index (κ2) is 6.87. The number of nitrogens with one attached hydrogen (secondary N) is 1. The van der Waals surface area contributed by atoms with E-state index in [2.05, 4.69) is 5.32 Å². The third-order valence-corrected chi connectivity index (χ3v) is 3.54. The van der Waals surface area contributed by atoms with Gasteiger partial charge in [0.25, 0.3) is 0 Å². The zero-order chi connectivity index (χ0) is 13.0. The highest BCUT2D eigenvalue weighted by molar-refractivity contribution is 5.86. The van der Waals surface area contributed by atoms with Gasteiger partial charge >= 0.3 is 0 Å². The second-order valence-corrected chi connectivity index (χ2v) is 5.00. The van der Waals surface area contributed by atoms with Crippen LogP contribution in [0, 0.1) is 5.82 Å². The van der Waals surface area contributed by atoms with E-state index in [-0.39, 0.29) is 24.1 Å². The number of carbonyl (C=O) groups is 1. The lowest BCUT2D eigenvalue weighted by atomic mass is 9.98. The Morgan fingerprint density at radius 1 is 1.37 bits per heavy atom. The van der Waals surface area contributed by atoms with E-state index in [1.165, 1.54) is 12.1 Å². The number of benzene rings is 1. The van der Waals surface area contributed by atoms with Crippen molar-refractivity contribution in [2.24, 2.45) is 5.73 Å². The normalized spacial score (nSPS) is 16.7. The van der Waals surface area contributed by atoms with Crippen LogP contribution in [0.15, 0.2) is 24.3 Å². The Morgan fingerprint density at radius 3 is 2.68 bits per heavy atom. The molecule has 5 heteroatoms. The summed E-state index contributed by atoms with van der Waals surface area (Å²) in [5, 5.41) is 2.85. The highest BCUT2D eigenvalue weighted by atomic mass is 35.5. The topological polar surface area (TPSA) is 55.1 Å². The molecule has 0 aromatic heterocycles. The summed E-state index contributed by atoms with van der Waals surface area (Å²) in [6.07, 6.45) is 4.19. The first kappa shape index (κ1) is 15.9. The van der Waals surface area contributed by atoms with Gasteiger partial charge in [-0.2, -0.15) is 0 Å². The quantitative estimate of drug-likeness (QED) is 0.891. The van der Waals surface area contributed by atoms with E-state index in [1.807, 2.05) is 6.07 Å². The second-order valence-electron chi connectivity index (χ2n) is 5.00. The van der Waals surface area contributed by atoms with Crippen LogP contribution in [0.4, 0.5) is 4.39 Å². The third kappa shape index (κ3) is 4.18. The van der Waals surface area contributed by atoms with Crippen LogP contribution < -0.4 is 11.1 Å². The van der Waals surface area contributed by atoms with E-state index >= 15 is 0 Å². The van der Waals surface area contributed by atoms with Gasteiger partial charge in [0.1, 0.15) is 5.82 Å². The number of amides is 1. The largest absolute Gasteiger partial charge is 0.354 e. The van der Waals surface area contributed by atoms with Gasteiger partial charge in [-0.05, 0) is 37.0 Å². The summed E-state index contributed by atoms with van der Waals surface area (Å²) in [4.78, 5) is 11.9. The molecule has 0 saturated heterocycles. The Morgan fingerprint density at radius 2 is 2.05 bits per heavy atom. The van der Waals surface area contributed by atoms with E-state index in [0.29, 0.717) is 13.0 Å². The third-order valence-electron chi connectivity index (χ3n) is 3.54. The molecule has 1 aromatic rings. The lowest BCUT2D eigenvalue weighted by Gasteiger charge is -2.22. The fraction of sp³-hybridized carbons (Fsp3) is 0.500. The van der Waals surface area contributed by atoms with Gasteiger partial charge in [0.05, 0.1) is 5.54 Å². The summed E-state index contributed by atoms with van der Waals surface area (Å²) in [5.41, 5.74) is 6.24. The molecule has 0 spiro atoms. The molecule has 0 aliphatic heterocycles. The molecule has 3 N–H and O–H groups in total. The molecule has 19 heavy (non-hydrogen) atoms. The Bertz CT molecular complexity index is 433. The predicted octanol–water partition coefficient (Wildman–Crippen LogP) is 2.18. The van der Waals surface area contributed by atoms with Gasteiger partial charge in [0.15, 0.2) is 0 Å². The number of carbonyl (C=O) groups excluding carboxylic acids is 1. The summed E-state index contributed by atoms with van der Waals surface area (Å²) < 4.78 is 13.0. The van der Waals surface area contributed by atoms with Crippen LogP contribution in [-0.4, -0.2) is 18.0 Å². The minimum absolute atomic E-state index is 0. The Labute approximate surface area is 119 Å². The summed E-state index contributed by atoms with van der Waals surface area (Å²) in [5.74, 6) is -0.318. The highest BCUT2D eigenvalue weighted by Crippen LogP contribution is 2.27. The molecule has 0 atom stereocenters. The summed E-state index contributed by atoms with van der Waals surface area (Å²) in [6, 6.07) is 6.42. The molecule has 0 radical (unpaired) electrons. The molecule has 106 valence electrons. The number of halogens is 2. The van der Waals surface area contributed by atoms with Gasteiger partial charge < -0.3 is 11.1 Å². The Hall–Kier alpha value is -1.13. The van der Waals surface area contributed by atoms with Crippen LogP contribution in [-0.2, 0) is 11.2 Å². The van der Waals surface area contributed by atoms with E-state index < -0.39 is 5.54 Å². The van der Waals surface area contributed by atoms with Crippen LogP contribution in [0.3, 0.4) is 0 Å². The molecular formula is C14H20ClFN2O. The number of nitrogens with two attached hydrogens (primary N) is 1.